The quantitative estimate of drug-likeness (QED) is 0.678. The maximum Gasteiger partial charge on any atom is 0.00702 e. The Labute approximate surface area is 113 Å². The Morgan fingerprint density at radius 3 is 2.61 bits per heavy atom. The zero-order valence-corrected chi connectivity index (χ0v) is 12.3. The molecule has 18 heavy (non-hydrogen) atoms. The van der Waals surface area contributed by atoms with Crippen molar-refractivity contribution in [2.24, 2.45) is 0 Å². The molecular formula is C17H29N. The van der Waals surface area contributed by atoms with Crippen LogP contribution in [0.3, 0.4) is 0 Å². The number of benzene rings is 1. The van der Waals surface area contributed by atoms with Crippen LogP contribution in [0.4, 0.5) is 0 Å². The monoisotopic (exact) mass is 247 g/mol. The summed E-state index contributed by atoms with van der Waals surface area (Å²) in [5.74, 6) is 0. The lowest BCUT2D eigenvalue weighted by atomic mass is 10.00. The van der Waals surface area contributed by atoms with Crippen molar-refractivity contribution in [2.75, 3.05) is 6.54 Å². The molecule has 1 atom stereocenters. The van der Waals surface area contributed by atoms with E-state index in [2.05, 4.69) is 50.4 Å². The molecule has 0 saturated heterocycles. The molecule has 0 aliphatic heterocycles. The van der Waals surface area contributed by atoms with Crippen molar-refractivity contribution in [3.8, 4) is 0 Å². The summed E-state index contributed by atoms with van der Waals surface area (Å²) in [7, 11) is 0. The van der Waals surface area contributed by atoms with Crippen LogP contribution in [0.5, 0.6) is 0 Å². The molecule has 1 rings (SSSR count). The van der Waals surface area contributed by atoms with E-state index in [9.17, 15) is 0 Å². The highest BCUT2D eigenvalue weighted by Gasteiger charge is 2.07. The number of nitrogens with one attached hydrogen (secondary N) is 1. The van der Waals surface area contributed by atoms with E-state index < -0.39 is 0 Å². The first kappa shape index (κ1) is 15.2. The topological polar surface area (TPSA) is 12.0 Å². The van der Waals surface area contributed by atoms with Gasteiger partial charge in [0.2, 0.25) is 0 Å². The fraction of sp³-hybridized carbons (Fsp3) is 0.647. The Bertz CT molecular complexity index is 311. The molecule has 0 saturated carbocycles. The van der Waals surface area contributed by atoms with Crippen LogP contribution in [0.15, 0.2) is 24.3 Å². The van der Waals surface area contributed by atoms with E-state index in [0.29, 0.717) is 6.04 Å². The first-order chi connectivity index (χ1) is 8.76. The van der Waals surface area contributed by atoms with Crippen LogP contribution < -0.4 is 5.32 Å². The average Bonchev–Trinajstić information content (AvgIpc) is 2.38. The Morgan fingerprint density at radius 2 is 1.94 bits per heavy atom. The Hall–Kier alpha value is -0.820. The fourth-order valence-corrected chi connectivity index (χ4v) is 2.36. The van der Waals surface area contributed by atoms with Crippen molar-refractivity contribution < 1.29 is 0 Å². The lowest BCUT2D eigenvalue weighted by Crippen LogP contribution is -2.30. The Balaban J connectivity index is 2.39. The molecule has 1 aromatic rings. The molecule has 1 aromatic carbocycles. The third-order valence-corrected chi connectivity index (χ3v) is 3.45. The molecule has 1 heteroatoms. The standard InChI is InChI=1S/C17H29N/c1-4-6-10-17(18-13-5-2)12-11-16-9-7-8-15(3)14-16/h7-9,14,17-18H,4-6,10-13H2,1-3H3. The largest absolute Gasteiger partial charge is 0.314 e. The summed E-state index contributed by atoms with van der Waals surface area (Å²) < 4.78 is 0. The van der Waals surface area contributed by atoms with Crippen molar-refractivity contribution in [1.82, 2.24) is 5.32 Å². The molecule has 0 radical (unpaired) electrons. The van der Waals surface area contributed by atoms with Gasteiger partial charge in [0, 0.05) is 6.04 Å². The predicted octanol–water partition coefficient (Wildman–Crippen LogP) is 4.49. The SMILES string of the molecule is CCCCC(CCc1cccc(C)c1)NCCC. The highest BCUT2D eigenvalue weighted by atomic mass is 14.9. The second-order valence-corrected chi connectivity index (χ2v) is 5.32. The minimum absolute atomic E-state index is 0.699. The van der Waals surface area contributed by atoms with Crippen LogP contribution in [0.2, 0.25) is 0 Å². The van der Waals surface area contributed by atoms with Gasteiger partial charge in [0.05, 0.1) is 0 Å². The number of hydrogen-bond donors (Lipinski definition) is 1. The summed E-state index contributed by atoms with van der Waals surface area (Å²) >= 11 is 0. The van der Waals surface area contributed by atoms with Crippen LogP contribution in [-0.4, -0.2) is 12.6 Å². The normalized spacial score (nSPS) is 12.6. The highest BCUT2D eigenvalue weighted by molar-refractivity contribution is 5.22. The lowest BCUT2D eigenvalue weighted by Gasteiger charge is -2.18. The fourth-order valence-electron chi connectivity index (χ4n) is 2.36. The molecule has 0 aromatic heterocycles. The number of hydrogen-bond acceptors (Lipinski definition) is 1. The molecule has 0 spiro atoms. The summed E-state index contributed by atoms with van der Waals surface area (Å²) in [6.45, 7) is 7.84. The molecule has 0 aliphatic rings. The van der Waals surface area contributed by atoms with Crippen molar-refractivity contribution in [3.05, 3.63) is 35.4 Å². The highest BCUT2D eigenvalue weighted by Crippen LogP contribution is 2.11. The molecule has 0 heterocycles. The number of unbranched alkanes of at least 4 members (excludes halogenated alkanes) is 1. The zero-order chi connectivity index (χ0) is 13.2. The average molecular weight is 247 g/mol. The van der Waals surface area contributed by atoms with E-state index >= 15 is 0 Å². The number of aryl methyl sites for hydroxylation is 2. The van der Waals surface area contributed by atoms with Crippen molar-refractivity contribution in [1.29, 1.82) is 0 Å². The molecule has 1 N–H and O–H groups in total. The smallest absolute Gasteiger partial charge is 0.00702 e. The summed E-state index contributed by atoms with van der Waals surface area (Å²) in [4.78, 5) is 0. The van der Waals surface area contributed by atoms with E-state index in [1.54, 1.807) is 0 Å². The van der Waals surface area contributed by atoms with E-state index in [0.717, 1.165) is 6.54 Å². The van der Waals surface area contributed by atoms with E-state index in [4.69, 9.17) is 0 Å². The van der Waals surface area contributed by atoms with Gasteiger partial charge in [-0.15, -0.1) is 0 Å². The van der Waals surface area contributed by atoms with Gasteiger partial charge in [0.25, 0.3) is 0 Å². The van der Waals surface area contributed by atoms with Crippen LogP contribution in [0, 0.1) is 6.92 Å². The van der Waals surface area contributed by atoms with Gasteiger partial charge in [-0.2, -0.15) is 0 Å². The molecule has 0 fully saturated rings. The molecule has 102 valence electrons. The maximum absolute atomic E-state index is 3.69. The lowest BCUT2D eigenvalue weighted by molar-refractivity contribution is 0.439. The second-order valence-electron chi connectivity index (χ2n) is 5.32. The predicted molar refractivity (Wildman–Crippen MR) is 81.1 cm³/mol. The third kappa shape index (κ3) is 6.20. The van der Waals surface area contributed by atoms with E-state index in [1.165, 1.54) is 49.7 Å². The summed E-state index contributed by atoms with van der Waals surface area (Å²) in [5.41, 5.74) is 2.86. The van der Waals surface area contributed by atoms with Crippen LogP contribution >= 0.6 is 0 Å². The molecule has 0 bridgehead atoms. The Morgan fingerprint density at radius 1 is 1.11 bits per heavy atom. The van der Waals surface area contributed by atoms with Gasteiger partial charge < -0.3 is 5.32 Å². The van der Waals surface area contributed by atoms with Gasteiger partial charge in [0.1, 0.15) is 0 Å². The molecule has 1 nitrogen and oxygen atoms in total. The third-order valence-electron chi connectivity index (χ3n) is 3.45. The van der Waals surface area contributed by atoms with Crippen molar-refractivity contribution in [2.45, 2.75) is 65.3 Å². The van der Waals surface area contributed by atoms with Gasteiger partial charge in [-0.1, -0.05) is 56.5 Å². The maximum atomic E-state index is 3.69. The van der Waals surface area contributed by atoms with Gasteiger partial charge in [-0.25, -0.2) is 0 Å². The zero-order valence-electron chi connectivity index (χ0n) is 12.3. The van der Waals surface area contributed by atoms with E-state index in [-0.39, 0.29) is 0 Å². The molecular weight excluding hydrogens is 218 g/mol. The van der Waals surface area contributed by atoms with Crippen LogP contribution in [0.1, 0.15) is 57.1 Å². The van der Waals surface area contributed by atoms with Gasteiger partial charge in [0.15, 0.2) is 0 Å². The van der Waals surface area contributed by atoms with Crippen LogP contribution in [0.25, 0.3) is 0 Å². The van der Waals surface area contributed by atoms with Crippen molar-refractivity contribution in [3.63, 3.8) is 0 Å². The van der Waals surface area contributed by atoms with Gasteiger partial charge >= 0.3 is 0 Å². The van der Waals surface area contributed by atoms with Crippen LogP contribution in [-0.2, 0) is 6.42 Å². The second kappa shape index (κ2) is 9.16. The Kier molecular flexibility index (Phi) is 7.75. The summed E-state index contributed by atoms with van der Waals surface area (Å²) in [5, 5.41) is 3.69. The van der Waals surface area contributed by atoms with Crippen molar-refractivity contribution >= 4 is 0 Å². The van der Waals surface area contributed by atoms with Gasteiger partial charge in [-0.3, -0.25) is 0 Å². The van der Waals surface area contributed by atoms with Gasteiger partial charge in [-0.05, 0) is 44.7 Å². The molecule has 0 aliphatic carbocycles. The first-order valence-electron chi connectivity index (χ1n) is 7.55. The number of rotatable bonds is 9. The summed E-state index contributed by atoms with van der Waals surface area (Å²) in [6, 6.07) is 9.62. The molecule has 0 amide bonds. The minimum atomic E-state index is 0.699. The summed E-state index contributed by atoms with van der Waals surface area (Å²) in [6.07, 6.45) is 7.66. The minimum Gasteiger partial charge on any atom is -0.314 e. The first-order valence-corrected chi connectivity index (χ1v) is 7.55. The molecule has 1 unspecified atom stereocenters. The van der Waals surface area contributed by atoms with E-state index in [1.807, 2.05) is 0 Å².